The Morgan fingerprint density at radius 1 is 1.48 bits per heavy atom. The first kappa shape index (κ1) is 21.7. The normalized spacial score (nSPS) is 28.7. The fourth-order valence-electron chi connectivity index (χ4n) is 5.04. The number of hydrogen-bond donors (Lipinski definition) is 2. The molecule has 0 aromatic heterocycles. The number of nitrogens with one attached hydrogen (secondary N) is 1. The van der Waals surface area contributed by atoms with Crippen LogP contribution in [0.25, 0.3) is 0 Å². The number of carbonyl (C=O) groups excluding carboxylic acids is 2. The molecule has 1 fully saturated rings. The smallest absolute Gasteiger partial charge is 0.264 e. The summed E-state index contributed by atoms with van der Waals surface area (Å²) < 4.78 is 21.7. The van der Waals surface area contributed by atoms with Crippen LogP contribution >= 0.6 is 0 Å². The van der Waals surface area contributed by atoms with Crippen molar-refractivity contribution in [1.29, 1.82) is 0 Å². The molecule has 0 radical (unpaired) electrons. The van der Waals surface area contributed by atoms with Crippen molar-refractivity contribution in [3.63, 3.8) is 0 Å². The number of benzene rings is 1. The van der Waals surface area contributed by atoms with Crippen LogP contribution in [0.5, 0.6) is 0 Å². The van der Waals surface area contributed by atoms with E-state index in [9.17, 15) is 14.7 Å². The molecule has 2 amide bonds. The molecule has 0 bridgehead atoms. The zero-order chi connectivity index (χ0) is 21.6. The van der Waals surface area contributed by atoms with Gasteiger partial charge in [0.2, 0.25) is 14.3 Å². The highest BCUT2D eigenvalue weighted by atomic mass is 28.4. The second-order valence-electron chi connectivity index (χ2n) is 8.40. The second kappa shape index (κ2) is 7.66. The molecule has 2 heterocycles. The van der Waals surface area contributed by atoms with Gasteiger partial charge in [-0.05, 0) is 37.7 Å². The zero-order valence-corrected chi connectivity index (χ0v) is 18.4. The number of ether oxygens (including phenoxy) is 1. The van der Waals surface area contributed by atoms with Gasteiger partial charge in [0.25, 0.3) is 5.91 Å². The highest BCUT2D eigenvalue weighted by Gasteiger charge is 2.66. The number of amides is 2. The maximum atomic E-state index is 15.3. The van der Waals surface area contributed by atoms with Crippen molar-refractivity contribution in [2.24, 2.45) is 5.92 Å². The van der Waals surface area contributed by atoms with E-state index >= 15 is 4.11 Å². The molecule has 2 N–H and O–H groups in total. The predicted molar refractivity (Wildman–Crippen MR) is 113 cm³/mol. The molecule has 0 saturated carbocycles. The van der Waals surface area contributed by atoms with Gasteiger partial charge in [0, 0.05) is 42.8 Å². The lowest BCUT2D eigenvalue weighted by Crippen LogP contribution is -2.45. The SMILES string of the molecule is C=CCN1C(=O)[C@]2(O[C@H](CCO)[C@@H]([Si](C)(C)F)[C@@H]2C)c2cc(NC(C)=O)ccc21. The summed E-state index contributed by atoms with van der Waals surface area (Å²) in [4.78, 5) is 26.8. The van der Waals surface area contributed by atoms with E-state index in [0.29, 0.717) is 23.5 Å². The zero-order valence-electron chi connectivity index (χ0n) is 17.4. The molecular weight excluding hydrogens is 391 g/mol. The monoisotopic (exact) mass is 420 g/mol. The highest BCUT2D eigenvalue weighted by Crippen LogP contribution is 2.60. The van der Waals surface area contributed by atoms with E-state index in [4.69, 9.17) is 4.74 Å². The van der Waals surface area contributed by atoms with Crippen LogP contribution in [0, 0.1) is 5.92 Å². The van der Waals surface area contributed by atoms with Crippen molar-refractivity contribution in [2.45, 2.75) is 50.6 Å². The van der Waals surface area contributed by atoms with Crippen molar-refractivity contribution >= 4 is 31.6 Å². The highest BCUT2D eigenvalue weighted by molar-refractivity contribution is 6.72. The standard InChI is InChI=1S/C21H29FN2O4Si/c1-6-10-24-17-8-7-15(23-14(3)26)12-16(17)21(20(24)27)13(2)19(29(4,5)22)18(28-21)9-11-25/h6-8,12-13,18-19,25H,1,9-11H2,2-5H3,(H,23,26)/t13-,18+,19-,21+/m0/s1. The molecule has 158 valence electrons. The topological polar surface area (TPSA) is 78.9 Å². The first-order valence-electron chi connectivity index (χ1n) is 9.90. The lowest BCUT2D eigenvalue weighted by Gasteiger charge is -2.31. The van der Waals surface area contributed by atoms with Gasteiger partial charge in [-0.15, -0.1) is 6.58 Å². The summed E-state index contributed by atoms with van der Waals surface area (Å²) in [5.41, 5.74) is 0.0794. The van der Waals surface area contributed by atoms with E-state index in [-0.39, 0.29) is 24.8 Å². The van der Waals surface area contributed by atoms with E-state index in [1.807, 2.05) is 6.92 Å². The molecule has 2 aliphatic heterocycles. The molecular formula is C21H29FN2O4Si. The lowest BCUT2D eigenvalue weighted by molar-refractivity contribution is -0.146. The Morgan fingerprint density at radius 3 is 2.72 bits per heavy atom. The maximum Gasteiger partial charge on any atom is 0.264 e. The van der Waals surface area contributed by atoms with Crippen LogP contribution in [0.2, 0.25) is 18.6 Å². The van der Waals surface area contributed by atoms with Crippen LogP contribution in [-0.2, 0) is 19.9 Å². The van der Waals surface area contributed by atoms with Gasteiger partial charge in [-0.25, -0.2) is 0 Å². The largest absolute Gasteiger partial charge is 0.396 e. The number of hydrogen-bond acceptors (Lipinski definition) is 4. The van der Waals surface area contributed by atoms with Crippen LogP contribution in [-0.4, -0.2) is 44.6 Å². The minimum Gasteiger partial charge on any atom is -0.396 e. The van der Waals surface area contributed by atoms with Crippen LogP contribution in [0.1, 0.15) is 25.8 Å². The quantitative estimate of drug-likeness (QED) is 0.420. The van der Waals surface area contributed by atoms with Crippen molar-refractivity contribution < 1.29 is 23.5 Å². The number of aliphatic hydroxyl groups is 1. The molecule has 6 nitrogen and oxygen atoms in total. The summed E-state index contributed by atoms with van der Waals surface area (Å²) in [6, 6.07) is 5.26. The predicted octanol–water partition coefficient (Wildman–Crippen LogP) is 3.34. The summed E-state index contributed by atoms with van der Waals surface area (Å²) in [7, 11) is -3.21. The Bertz CT molecular complexity index is 840. The Hall–Kier alpha value is -2.03. The number of rotatable bonds is 6. The van der Waals surface area contributed by atoms with Crippen molar-refractivity contribution in [2.75, 3.05) is 23.4 Å². The molecule has 29 heavy (non-hydrogen) atoms. The van der Waals surface area contributed by atoms with E-state index in [2.05, 4.69) is 11.9 Å². The summed E-state index contributed by atoms with van der Waals surface area (Å²) in [6.45, 7) is 10.4. The Labute approximate surface area is 171 Å². The number of aliphatic hydroxyl groups excluding tert-OH is 1. The minimum atomic E-state index is -3.21. The summed E-state index contributed by atoms with van der Waals surface area (Å²) in [5.74, 6) is -0.886. The fourth-order valence-corrected chi connectivity index (χ4v) is 7.58. The molecule has 8 heteroatoms. The minimum absolute atomic E-state index is 0.141. The van der Waals surface area contributed by atoms with Gasteiger partial charge in [0.1, 0.15) is 0 Å². The molecule has 1 aromatic rings. The Morgan fingerprint density at radius 2 is 2.17 bits per heavy atom. The molecule has 2 aliphatic rings. The molecule has 3 rings (SSSR count). The lowest BCUT2D eigenvalue weighted by atomic mass is 9.82. The van der Waals surface area contributed by atoms with Gasteiger partial charge in [-0.3, -0.25) is 9.59 Å². The van der Waals surface area contributed by atoms with Crippen LogP contribution < -0.4 is 10.2 Å². The fraction of sp³-hybridized carbons (Fsp3) is 0.524. The summed E-state index contributed by atoms with van der Waals surface area (Å²) in [5, 5.41) is 12.3. The molecule has 4 atom stereocenters. The van der Waals surface area contributed by atoms with E-state index in [1.54, 1.807) is 42.3 Å². The number of nitrogens with zero attached hydrogens (tertiary/aromatic N) is 1. The molecule has 0 unspecified atom stereocenters. The summed E-state index contributed by atoms with van der Waals surface area (Å²) in [6.07, 6.45) is 1.36. The van der Waals surface area contributed by atoms with E-state index in [0.717, 1.165) is 0 Å². The third-order valence-electron chi connectivity index (χ3n) is 6.01. The first-order chi connectivity index (χ1) is 13.6. The number of carbonyl (C=O) groups is 2. The van der Waals surface area contributed by atoms with Gasteiger partial charge < -0.3 is 24.2 Å². The molecule has 1 saturated heterocycles. The van der Waals surface area contributed by atoms with Gasteiger partial charge in [-0.2, -0.15) is 0 Å². The van der Waals surface area contributed by atoms with E-state index in [1.165, 1.54) is 6.92 Å². The molecule has 1 aromatic carbocycles. The van der Waals surface area contributed by atoms with Crippen LogP contribution in [0.4, 0.5) is 15.5 Å². The Balaban J connectivity index is 2.19. The third-order valence-corrected chi connectivity index (χ3v) is 8.46. The van der Waals surface area contributed by atoms with Gasteiger partial charge in [0.15, 0.2) is 5.60 Å². The average molecular weight is 421 g/mol. The molecule has 0 aliphatic carbocycles. The van der Waals surface area contributed by atoms with Gasteiger partial charge >= 0.3 is 0 Å². The number of fused-ring (bicyclic) bond motifs is 2. The van der Waals surface area contributed by atoms with Crippen LogP contribution in [0.15, 0.2) is 30.9 Å². The van der Waals surface area contributed by atoms with Crippen molar-refractivity contribution in [3.05, 3.63) is 36.4 Å². The van der Waals surface area contributed by atoms with E-state index < -0.39 is 31.6 Å². The van der Waals surface area contributed by atoms with Crippen LogP contribution in [0.3, 0.4) is 0 Å². The third kappa shape index (κ3) is 3.43. The summed E-state index contributed by atoms with van der Waals surface area (Å²) >= 11 is 0. The van der Waals surface area contributed by atoms with Crippen molar-refractivity contribution in [3.8, 4) is 0 Å². The molecule has 1 spiro atoms. The average Bonchev–Trinajstić information content (AvgIpc) is 3.03. The second-order valence-corrected chi connectivity index (χ2v) is 12.2. The first-order valence-corrected chi connectivity index (χ1v) is 12.9. The number of halogens is 1. The Kier molecular flexibility index (Phi) is 5.72. The van der Waals surface area contributed by atoms with Crippen molar-refractivity contribution in [1.82, 2.24) is 0 Å². The van der Waals surface area contributed by atoms with Gasteiger partial charge in [-0.1, -0.05) is 13.0 Å². The maximum absolute atomic E-state index is 15.3. The van der Waals surface area contributed by atoms with Gasteiger partial charge in [0.05, 0.1) is 11.8 Å². The number of anilines is 2.